The number of nitrogens with two attached hydrogens (primary N) is 3. The summed E-state index contributed by atoms with van der Waals surface area (Å²) in [6.45, 7) is 0.564. The van der Waals surface area contributed by atoms with Crippen molar-refractivity contribution in [2.24, 2.45) is 17.2 Å². The van der Waals surface area contributed by atoms with E-state index in [0.29, 0.717) is 13.2 Å². The molecule has 0 aromatic rings. The van der Waals surface area contributed by atoms with Crippen LogP contribution in [-0.2, 0) is 105 Å². The maximum absolute atomic E-state index is 14.9. The summed E-state index contributed by atoms with van der Waals surface area (Å²) in [5.41, 5.74) is 17.2. The minimum Gasteiger partial charge on any atom is -0.481 e. The maximum atomic E-state index is 14.9. The molecule has 0 unspecified atom stereocenters. The van der Waals surface area contributed by atoms with Crippen LogP contribution in [0.2, 0.25) is 0 Å². The Kier molecular flexibility index (Phi) is 50.6. The number of rotatable bonds is 60. The first-order chi connectivity index (χ1) is 49.7. The third-order valence-corrected chi connectivity index (χ3v) is 16.6. The van der Waals surface area contributed by atoms with Crippen LogP contribution in [0.15, 0.2) is 0 Å². The Morgan fingerprint density at radius 1 is 0.314 bits per heavy atom. The fourth-order valence-electron chi connectivity index (χ4n) is 10.8. The topological polar surface area (TPSA) is 479 Å². The Bertz CT molecular complexity index is 2710. The number of carbonyl (C=O) groups excluding carboxylic acids is 12. The zero-order valence-corrected chi connectivity index (χ0v) is 64.1. The van der Waals surface area contributed by atoms with Crippen LogP contribution in [0.1, 0.15) is 67.2 Å². The number of carboxylic acid groups (broad SMARTS) is 2. The van der Waals surface area contributed by atoms with Gasteiger partial charge in [0.2, 0.25) is 70.9 Å². The van der Waals surface area contributed by atoms with Crippen molar-refractivity contribution in [3.8, 4) is 0 Å². The number of nitrogens with one attached hydrogen (secondary N) is 1. The number of carbonyl (C=O) groups is 14. The number of hydrogen-bond donors (Lipinski definition) is 6. The van der Waals surface area contributed by atoms with E-state index in [9.17, 15) is 77.3 Å². The SMILES string of the molecule is COCCNCC(=O)N(CC(=O)N(CC(=O)N(CCCN)CC(=O)N(CC(=O)N(CC(=O)N(CCOC)CC(=O)N(CCC(=O)O)CC(=O)N(CCCN)CC(=O)N(CC(=O)N(CC(=O)N(CCC(=O)O)CC(N)=O)[C@@H](C)COC)[C@@H](C)COC)[C@@H](C)COC)[C@@H](C)COC)[C@@H](C)COC)[C@@H](C)COC. The predicted octanol–water partition coefficient (Wildman–Crippen LogP) is -5.67. The molecule has 0 radical (unpaired) electrons. The Balaban J connectivity index is 7.39. The van der Waals surface area contributed by atoms with Crippen molar-refractivity contribution in [1.29, 1.82) is 0 Å². The summed E-state index contributed by atoms with van der Waals surface area (Å²) in [5, 5.41) is 22.1. The molecule has 0 spiro atoms. The average Bonchev–Trinajstić information content (AvgIpc) is 0.844. The third kappa shape index (κ3) is 37.8. The Labute approximate surface area is 616 Å². The maximum Gasteiger partial charge on any atom is 0.305 e. The number of hydrogen-bond acceptors (Lipinski definition) is 25. The molecule has 6 atom stereocenters. The molecule has 604 valence electrons. The van der Waals surface area contributed by atoms with Crippen molar-refractivity contribution >= 4 is 82.8 Å². The van der Waals surface area contributed by atoms with Gasteiger partial charge in [-0.2, -0.15) is 0 Å². The van der Waals surface area contributed by atoms with Crippen LogP contribution in [0.5, 0.6) is 0 Å². The van der Waals surface area contributed by atoms with E-state index in [1.165, 1.54) is 71.6 Å². The van der Waals surface area contributed by atoms with E-state index in [1.807, 2.05) is 0 Å². The van der Waals surface area contributed by atoms with Gasteiger partial charge in [-0.3, -0.25) is 67.1 Å². The molecule has 0 rings (SSSR count). The van der Waals surface area contributed by atoms with Gasteiger partial charge in [-0.25, -0.2) is 0 Å². The van der Waals surface area contributed by atoms with E-state index in [0.717, 1.165) is 39.2 Å². The minimum absolute atomic E-state index is 0.00627. The van der Waals surface area contributed by atoms with Crippen LogP contribution >= 0.6 is 0 Å². The number of ether oxygens (including phenoxy) is 8. The van der Waals surface area contributed by atoms with Gasteiger partial charge in [-0.1, -0.05) is 0 Å². The molecule has 0 heterocycles. The Morgan fingerprint density at radius 2 is 0.552 bits per heavy atom. The van der Waals surface area contributed by atoms with Gasteiger partial charge in [0.1, 0.15) is 39.3 Å². The highest BCUT2D eigenvalue weighted by Crippen LogP contribution is 2.15. The van der Waals surface area contributed by atoms with E-state index in [1.54, 1.807) is 41.5 Å². The molecule has 0 aliphatic rings. The smallest absolute Gasteiger partial charge is 0.305 e. The predicted molar refractivity (Wildman–Crippen MR) is 379 cm³/mol. The van der Waals surface area contributed by atoms with E-state index in [4.69, 9.17) is 55.1 Å². The van der Waals surface area contributed by atoms with Crippen molar-refractivity contribution in [3.05, 3.63) is 0 Å². The van der Waals surface area contributed by atoms with Crippen LogP contribution in [-0.4, -0.2) is 424 Å². The van der Waals surface area contributed by atoms with E-state index in [-0.39, 0.29) is 98.4 Å². The molecule has 9 N–H and O–H groups in total. The number of aliphatic carboxylic acids is 2. The molecule has 0 saturated heterocycles. The quantitative estimate of drug-likeness (QED) is 0.0309. The zero-order chi connectivity index (χ0) is 79.9. The molecule has 0 saturated carbocycles. The molecule has 105 heavy (non-hydrogen) atoms. The van der Waals surface area contributed by atoms with Gasteiger partial charge in [-0.05, 0) is 67.5 Å². The van der Waals surface area contributed by atoms with Crippen LogP contribution in [0.25, 0.3) is 0 Å². The largest absolute Gasteiger partial charge is 0.481 e. The highest BCUT2D eigenvalue weighted by molar-refractivity contribution is 5.95. The highest BCUT2D eigenvalue weighted by atomic mass is 16.5. The van der Waals surface area contributed by atoms with Crippen molar-refractivity contribution < 1.29 is 115 Å². The summed E-state index contributed by atoms with van der Waals surface area (Å²) in [7, 11) is 11.1. The molecule has 0 aliphatic carbocycles. The summed E-state index contributed by atoms with van der Waals surface area (Å²) < 4.78 is 42.5. The monoisotopic (exact) mass is 1510 g/mol. The van der Waals surface area contributed by atoms with E-state index >= 15 is 0 Å². The lowest BCUT2D eigenvalue weighted by Crippen LogP contribution is -2.57. The molecular weight excluding hydrogens is 1390 g/mol. The van der Waals surface area contributed by atoms with E-state index < -0.39 is 217 Å². The first-order valence-corrected chi connectivity index (χ1v) is 34.6. The summed E-state index contributed by atoms with van der Waals surface area (Å²) in [6.07, 6.45) is -0.925. The van der Waals surface area contributed by atoms with Gasteiger partial charge in [0, 0.05) is 96.1 Å². The lowest BCUT2D eigenvalue weighted by Gasteiger charge is -2.36. The number of carboxylic acids is 2. The molecule has 12 amide bonds. The van der Waals surface area contributed by atoms with Gasteiger partial charge >= 0.3 is 11.9 Å². The Hall–Kier alpha value is -7.86. The third-order valence-electron chi connectivity index (χ3n) is 16.6. The van der Waals surface area contributed by atoms with Gasteiger partial charge in [0.15, 0.2) is 0 Å². The summed E-state index contributed by atoms with van der Waals surface area (Å²) in [5.74, 6) is -12.0. The van der Waals surface area contributed by atoms with Crippen molar-refractivity contribution in [2.45, 2.75) is 103 Å². The van der Waals surface area contributed by atoms with Gasteiger partial charge in [0.05, 0.1) is 141 Å². The van der Waals surface area contributed by atoms with Crippen molar-refractivity contribution in [3.63, 3.8) is 0 Å². The summed E-state index contributed by atoms with van der Waals surface area (Å²) >= 11 is 0. The van der Waals surface area contributed by atoms with Crippen molar-refractivity contribution in [1.82, 2.24) is 59.2 Å². The number of primary amides is 1. The minimum atomic E-state index is -1.37. The van der Waals surface area contributed by atoms with Crippen LogP contribution in [0.4, 0.5) is 0 Å². The molecule has 39 nitrogen and oxygen atoms in total. The number of amides is 12. The number of nitrogens with zero attached hydrogens (tertiary/aromatic N) is 11. The number of methoxy groups -OCH3 is 8. The fourth-order valence-corrected chi connectivity index (χ4v) is 10.8. The molecule has 0 fully saturated rings. The molecule has 0 bridgehead atoms. The van der Waals surface area contributed by atoms with Gasteiger partial charge in [0.25, 0.3) is 0 Å². The molecule has 0 aromatic heterocycles. The van der Waals surface area contributed by atoms with Crippen molar-refractivity contribution in [2.75, 3.05) is 241 Å². The normalized spacial score (nSPS) is 12.8. The molecular formula is C66H121N15O24. The molecule has 39 heteroatoms. The second kappa shape index (κ2) is 54.7. The Morgan fingerprint density at radius 3 is 0.819 bits per heavy atom. The van der Waals surface area contributed by atoms with Crippen LogP contribution in [0, 0.1) is 0 Å². The zero-order valence-electron chi connectivity index (χ0n) is 64.1. The van der Waals surface area contributed by atoms with Crippen LogP contribution < -0.4 is 22.5 Å². The summed E-state index contributed by atoms with van der Waals surface area (Å²) in [4.78, 5) is 206. The highest BCUT2D eigenvalue weighted by Gasteiger charge is 2.37. The van der Waals surface area contributed by atoms with Gasteiger partial charge in [-0.15, -0.1) is 0 Å². The second-order valence-electron chi connectivity index (χ2n) is 25.2. The lowest BCUT2D eigenvalue weighted by atomic mass is 10.2. The lowest BCUT2D eigenvalue weighted by molar-refractivity contribution is -0.152. The first-order valence-electron chi connectivity index (χ1n) is 34.6. The fraction of sp³-hybridized carbons (Fsp3) is 0.788. The molecule has 0 aliphatic heterocycles. The first kappa shape index (κ1) is 97.1. The van der Waals surface area contributed by atoms with Gasteiger partial charge < -0.3 is 125 Å². The average molecular weight is 1510 g/mol. The summed E-state index contributed by atoms with van der Waals surface area (Å²) in [6, 6.07) is -4.73. The second-order valence-corrected chi connectivity index (χ2v) is 25.2. The molecule has 0 aromatic carbocycles. The standard InChI is InChI=1S/C66H121N15O24/c1-47(41-100-9)76(54(83)29-70-21-27-98-7)38-62(91)77(48(2)42-101-10)35-57(86)72(23-16-20-68)34-61(90)81(52(6)46-105-14)40-64(93)79(50(4)44-103-12)37-59(88)75(26-28-99-8)32-56(85)74(25-18-66(96)97)31-55(84)71(22-15-19-67)33-60(89)80(51(5)45-104-13)39-63(92)78(49(3)43-102-11)36-58(87)73(30-53(69)82)24-17-65(94)95/h47-52,70H,15-46,67-68H2,1-14H3,(H2,69,82)(H,94,95)(H,96,97)/t47-,48-,49-,50-,51-,52-/m0/s1. The van der Waals surface area contributed by atoms with Crippen LogP contribution in [0.3, 0.4) is 0 Å². The van der Waals surface area contributed by atoms with E-state index in [2.05, 4.69) is 5.32 Å².